The minimum Gasteiger partial charge on any atom is -0.448 e. The van der Waals surface area contributed by atoms with Crippen molar-refractivity contribution in [2.75, 3.05) is 0 Å². The van der Waals surface area contributed by atoms with Crippen LogP contribution in [0.2, 0.25) is 0 Å². The number of benzene rings is 1. The van der Waals surface area contributed by atoms with Crippen molar-refractivity contribution in [2.45, 2.75) is 98.1 Å². The number of hydrogen-bond donors (Lipinski definition) is 3. The maximum atomic E-state index is 13.2. The second-order valence-corrected chi connectivity index (χ2v) is 12.6. The second-order valence-electron chi connectivity index (χ2n) is 11.7. The molecule has 2 aliphatic rings. The number of pyridine rings is 1. The van der Waals surface area contributed by atoms with E-state index in [1.807, 2.05) is 54.5 Å². The van der Waals surface area contributed by atoms with Crippen LogP contribution in [0.25, 0.3) is 0 Å². The number of alkyl carbamates (subject to hydrolysis) is 1. The molecule has 1 aliphatic carbocycles. The van der Waals surface area contributed by atoms with Gasteiger partial charge in [0, 0.05) is 47.8 Å². The molecule has 3 N–H and O–H groups in total. The third-order valence-corrected chi connectivity index (χ3v) is 7.99. The van der Waals surface area contributed by atoms with Gasteiger partial charge in [0.05, 0.1) is 4.47 Å². The van der Waals surface area contributed by atoms with Gasteiger partial charge in [-0.05, 0) is 101 Å². The van der Waals surface area contributed by atoms with Crippen LogP contribution in [-0.4, -0.2) is 34.4 Å². The number of aromatic amines is 1. The normalized spacial score (nSPS) is 22.4. The van der Waals surface area contributed by atoms with E-state index in [0.29, 0.717) is 32.7 Å². The van der Waals surface area contributed by atoms with Gasteiger partial charge in [-0.2, -0.15) is 0 Å². The van der Waals surface area contributed by atoms with E-state index < -0.39 is 17.5 Å². The number of aromatic nitrogens is 1. The van der Waals surface area contributed by atoms with Crippen molar-refractivity contribution in [1.82, 2.24) is 15.6 Å². The van der Waals surface area contributed by atoms with Gasteiger partial charge in [-0.25, -0.2) is 4.79 Å². The van der Waals surface area contributed by atoms with E-state index in [-0.39, 0.29) is 30.0 Å². The first-order valence-corrected chi connectivity index (χ1v) is 14.1. The third-order valence-electron chi connectivity index (χ3n) is 7.40. The first-order chi connectivity index (χ1) is 18.2. The lowest BCUT2D eigenvalue weighted by Crippen LogP contribution is -2.48. The van der Waals surface area contributed by atoms with Crippen LogP contribution in [0.15, 0.2) is 21.4 Å². The SMILES string of the molecule is Cc1cc(C)c(CNC(=O)c2cc(Br)c3c(c2C)OC(C)(C2CCC(NC(=O)OC(C)(C)C)CC2)O3)c(=O)[nH]1. The summed E-state index contributed by atoms with van der Waals surface area (Å²) in [6.07, 6.45) is 2.78. The summed E-state index contributed by atoms with van der Waals surface area (Å²) in [4.78, 5) is 40.5. The van der Waals surface area contributed by atoms with Gasteiger partial charge in [0.2, 0.25) is 0 Å². The highest BCUT2D eigenvalue weighted by atomic mass is 79.9. The standard InChI is InChI=1S/C29H38BrN3O6/c1-15-12-16(2)32-26(35)21(15)14-31-25(34)20-13-22(30)24-23(17(20)3)37-29(7,38-24)18-8-10-19(11-9-18)33-27(36)39-28(4,5)6/h12-13,18-19H,8-11,14H2,1-7H3,(H,31,34)(H,32,35)(H,33,36). The lowest BCUT2D eigenvalue weighted by molar-refractivity contribution is -0.121. The van der Waals surface area contributed by atoms with Gasteiger partial charge in [0.15, 0.2) is 11.5 Å². The number of H-pyrrole nitrogens is 1. The van der Waals surface area contributed by atoms with Crippen LogP contribution in [-0.2, 0) is 11.3 Å². The molecule has 2 heterocycles. The van der Waals surface area contributed by atoms with Crippen LogP contribution in [0.4, 0.5) is 4.79 Å². The maximum Gasteiger partial charge on any atom is 0.407 e. The van der Waals surface area contributed by atoms with Gasteiger partial charge < -0.3 is 29.8 Å². The molecule has 1 aromatic heterocycles. The van der Waals surface area contributed by atoms with Crippen molar-refractivity contribution in [1.29, 1.82) is 0 Å². The monoisotopic (exact) mass is 603 g/mol. The lowest BCUT2D eigenvalue weighted by Gasteiger charge is -2.37. The van der Waals surface area contributed by atoms with Gasteiger partial charge in [0.25, 0.3) is 17.3 Å². The molecule has 212 valence electrons. The molecule has 0 saturated heterocycles. The molecule has 9 nitrogen and oxygen atoms in total. The molecule has 0 spiro atoms. The number of ether oxygens (including phenoxy) is 3. The summed E-state index contributed by atoms with van der Waals surface area (Å²) in [7, 11) is 0. The van der Waals surface area contributed by atoms with E-state index in [1.54, 1.807) is 6.07 Å². The van der Waals surface area contributed by atoms with Gasteiger partial charge in [-0.3, -0.25) is 9.59 Å². The largest absolute Gasteiger partial charge is 0.448 e. The molecule has 1 saturated carbocycles. The van der Waals surface area contributed by atoms with E-state index in [9.17, 15) is 14.4 Å². The van der Waals surface area contributed by atoms with E-state index in [0.717, 1.165) is 36.9 Å². The molecule has 1 atom stereocenters. The van der Waals surface area contributed by atoms with Crippen LogP contribution in [0, 0.1) is 26.7 Å². The summed E-state index contributed by atoms with van der Waals surface area (Å²) in [6, 6.07) is 3.65. The lowest BCUT2D eigenvalue weighted by atomic mass is 9.81. The number of carbonyl (C=O) groups is 2. The first kappa shape index (κ1) is 29.0. The van der Waals surface area contributed by atoms with Crippen LogP contribution < -0.4 is 25.7 Å². The van der Waals surface area contributed by atoms with Gasteiger partial charge in [-0.15, -0.1) is 0 Å². The number of hydrogen-bond acceptors (Lipinski definition) is 6. The fourth-order valence-electron chi connectivity index (χ4n) is 5.35. The number of nitrogens with one attached hydrogen (secondary N) is 3. The van der Waals surface area contributed by atoms with E-state index in [4.69, 9.17) is 14.2 Å². The zero-order valence-corrected chi connectivity index (χ0v) is 25.3. The summed E-state index contributed by atoms with van der Waals surface area (Å²) in [5.41, 5.74) is 2.50. The Balaban J connectivity index is 1.42. The molecule has 0 radical (unpaired) electrons. The Labute approximate surface area is 237 Å². The molecule has 39 heavy (non-hydrogen) atoms. The molecule has 2 amide bonds. The zero-order valence-electron chi connectivity index (χ0n) is 23.7. The highest BCUT2D eigenvalue weighted by Gasteiger charge is 2.47. The van der Waals surface area contributed by atoms with E-state index >= 15 is 0 Å². The molecule has 2 aromatic rings. The fourth-order valence-corrected chi connectivity index (χ4v) is 5.84. The average molecular weight is 605 g/mol. The summed E-state index contributed by atoms with van der Waals surface area (Å²) >= 11 is 3.56. The van der Waals surface area contributed by atoms with Crippen LogP contribution in [0.5, 0.6) is 11.5 Å². The van der Waals surface area contributed by atoms with Crippen molar-refractivity contribution in [2.24, 2.45) is 5.92 Å². The predicted octanol–water partition coefficient (Wildman–Crippen LogP) is 5.56. The Kier molecular flexibility index (Phi) is 8.08. The molecular formula is C29H38BrN3O6. The Bertz CT molecular complexity index is 1340. The molecule has 1 aromatic carbocycles. The minimum absolute atomic E-state index is 0.0386. The molecule has 1 aliphatic heterocycles. The van der Waals surface area contributed by atoms with E-state index in [2.05, 4.69) is 31.5 Å². The quantitative estimate of drug-likeness (QED) is 0.411. The Morgan fingerprint density at radius 2 is 1.74 bits per heavy atom. The van der Waals surface area contributed by atoms with Gasteiger partial charge in [0.1, 0.15) is 5.60 Å². The molecule has 1 unspecified atom stereocenters. The predicted molar refractivity (Wildman–Crippen MR) is 151 cm³/mol. The Morgan fingerprint density at radius 3 is 2.36 bits per heavy atom. The number of amides is 2. The fraction of sp³-hybridized carbons (Fsp3) is 0.552. The van der Waals surface area contributed by atoms with Crippen LogP contribution in [0.1, 0.15) is 86.1 Å². The molecule has 0 bridgehead atoms. The van der Waals surface area contributed by atoms with Crippen molar-refractivity contribution >= 4 is 27.9 Å². The van der Waals surface area contributed by atoms with Gasteiger partial charge >= 0.3 is 6.09 Å². The summed E-state index contributed by atoms with van der Waals surface area (Å²) in [5, 5.41) is 5.84. The number of carbonyl (C=O) groups excluding carboxylic acids is 2. The smallest absolute Gasteiger partial charge is 0.407 e. The number of halogens is 1. The van der Waals surface area contributed by atoms with Gasteiger partial charge in [-0.1, -0.05) is 0 Å². The minimum atomic E-state index is -0.895. The molecule has 4 rings (SSSR count). The van der Waals surface area contributed by atoms with Crippen molar-refractivity contribution in [3.8, 4) is 11.5 Å². The van der Waals surface area contributed by atoms with Crippen LogP contribution in [0.3, 0.4) is 0 Å². The van der Waals surface area contributed by atoms with Crippen molar-refractivity contribution in [3.05, 3.63) is 54.9 Å². The van der Waals surface area contributed by atoms with E-state index in [1.165, 1.54) is 0 Å². The summed E-state index contributed by atoms with van der Waals surface area (Å²) < 4.78 is 18.8. The van der Waals surface area contributed by atoms with Crippen molar-refractivity contribution in [3.63, 3.8) is 0 Å². The molecule has 10 heteroatoms. The maximum absolute atomic E-state index is 13.2. The number of fused-ring (bicyclic) bond motifs is 1. The number of rotatable bonds is 5. The Hall–Kier alpha value is -3.01. The topological polar surface area (TPSA) is 119 Å². The first-order valence-electron chi connectivity index (χ1n) is 13.3. The summed E-state index contributed by atoms with van der Waals surface area (Å²) in [6.45, 7) is 13.1. The number of aryl methyl sites for hydroxylation is 2. The second kappa shape index (κ2) is 10.9. The van der Waals surface area contributed by atoms with Crippen LogP contribution >= 0.6 is 15.9 Å². The third kappa shape index (κ3) is 6.42. The highest BCUT2D eigenvalue weighted by molar-refractivity contribution is 9.10. The average Bonchev–Trinajstić information content (AvgIpc) is 3.19. The van der Waals surface area contributed by atoms with Crippen molar-refractivity contribution < 1.29 is 23.8 Å². The summed E-state index contributed by atoms with van der Waals surface area (Å²) in [5.74, 6) is 0.0120. The highest BCUT2D eigenvalue weighted by Crippen LogP contribution is 2.51. The molecular weight excluding hydrogens is 566 g/mol. The molecule has 1 fully saturated rings. The Morgan fingerprint density at radius 1 is 1.10 bits per heavy atom. The zero-order chi connectivity index (χ0) is 28.7.